The van der Waals surface area contributed by atoms with Gasteiger partial charge >= 0.3 is 0 Å². The molecule has 0 aliphatic carbocycles. The molecule has 0 amide bonds. The van der Waals surface area contributed by atoms with Gasteiger partial charge in [0.2, 0.25) is 0 Å². The first-order chi connectivity index (χ1) is 7.33. The first-order valence-corrected chi connectivity index (χ1v) is 4.83. The Morgan fingerprint density at radius 3 is 2.60 bits per heavy atom. The molecule has 0 spiro atoms. The molecular weight excluding hydrogens is 188 g/mol. The van der Waals surface area contributed by atoms with Crippen LogP contribution in [0.2, 0.25) is 0 Å². The Morgan fingerprint density at radius 1 is 1.20 bits per heavy atom. The standard InChI is InChI=1S/C13H16O2/c1-4-11-7-6-8-13(12(11)5-2)15-10-9-14-3/h4-8H,1-2,9-10H2,3H3. The van der Waals surface area contributed by atoms with Crippen LogP contribution in [-0.4, -0.2) is 20.3 Å². The molecule has 0 fully saturated rings. The summed E-state index contributed by atoms with van der Waals surface area (Å²) in [5, 5.41) is 0. The summed E-state index contributed by atoms with van der Waals surface area (Å²) in [5.41, 5.74) is 2.00. The molecule has 0 aliphatic rings. The summed E-state index contributed by atoms with van der Waals surface area (Å²) in [7, 11) is 1.65. The third kappa shape index (κ3) is 2.96. The van der Waals surface area contributed by atoms with Crippen LogP contribution in [0.1, 0.15) is 11.1 Å². The van der Waals surface area contributed by atoms with Crippen molar-refractivity contribution in [3.63, 3.8) is 0 Å². The molecule has 15 heavy (non-hydrogen) atoms. The van der Waals surface area contributed by atoms with Gasteiger partial charge in [-0.1, -0.05) is 37.4 Å². The van der Waals surface area contributed by atoms with Gasteiger partial charge in [0.25, 0.3) is 0 Å². The van der Waals surface area contributed by atoms with Gasteiger partial charge in [0.15, 0.2) is 0 Å². The quantitative estimate of drug-likeness (QED) is 0.663. The fraction of sp³-hybridized carbons (Fsp3) is 0.231. The van der Waals surface area contributed by atoms with Gasteiger partial charge in [-0.25, -0.2) is 0 Å². The van der Waals surface area contributed by atoms with Gasteiger partial charge in [-0.3, -0.25) is 0 Å². The molecule has 0 aliphatic heterocycles. The van der Waals surface area contributed by atoms with Crippen molar-refractivity contribution >= 4 is 12.2 Å². The Hall–Kier alpha value is -1.54. The molecule has 0 heterocycles. The van der Waals surface area contributed by atoms with E-state index < -0.39 is 0 Å². The topological polar surface area (TPSA) is 18.5 Å². The fourth-order valence-electron chi connectivity index (χ4n) is 1.32. The number of benzene rings is 1. The highest BCUT2D eigenvalue weighted by Crippen LogP contribution is 2.24. The molecule has 0 aromatic heterocycles. The maximum absolute atomic E-state index is 5.57. The Morgan fingerprint density at radius 2 is 2.00 bits per heavy atom. The largest absolute Gasteiger partial charge is 0.491 e. The molecule has 2 heteroatoms. The molecular formula is C13H16O2. The van der Waals surface area contributed by atoms with Gasteiger partial charge < -0.3 is 9.47 Å². The Balaban J connectivity index is 2.86. The summed E-state index contributed by atoms with van der Waals surface area (Å²) >= 11 is 0. The van der Waals surface area contributed by atoms with E-state index in [0.29, 0.717) is 13.2 Å². The van der Waals surface area contributed by atoms with Crippen LogP contribution in [0.5, 0.6) is 5.75 Å². The van der Waals surface area contributed by atoms with Crippen LogP contribution in [0.3, 0.4) is 0 Å². The zero-order valence-electron chi connectivity index (χ0n) is 9.03. The predicted molar refractivity (Wildman–Crippen MR) is 64.0 cm³/mol. The van der Waals surface area contributed by atoms with Crippen molar-refractivity contribution in [2.24, 2.45) is 0 Å². The lowest BCUT2D eigenvalue weighted by atomic mass is 10.1. The van der Waals surface area contributed by atoms with E-state index in [2.05, 4.69) is 13.2 Å². The average molecular weight is 204 g/mol. The highest BCUT2D eigenvalue weighted by molar-refractivity contribution is 5.68. The molecule has 0 saturated carbocycles. The molecule has 1 rings (SSSR count). The van der Waals surface area contributed by atoms with Crippen LogP contribution < -0.4 is 4.74 Å². The molecule has 0 bridgehead atoms. The SMILES string of the molecule is C=Cc1cccc(OCCOC)c1C=C. The molecule has 0 N–H and O–H groups in total. The molecule has 80 valence electrons. The first kappa shape index (κ1) is 11.5. The van der Waals surface area contributed by atoms with Crippen LogP contribution in [0.25, 0.3) is 12.2 Å². The van der Waals surface area contributed by atoms with Crippen molar-refractivity contribution in [2.75, 3.05) is 20.3 Å². The Bertz CT molecular complexity index is 342. The number of hydrogen-bond donors (Lipinski definition) is 0. The van der Waals surface area contributed by atoms with Crippen molar-refractivity contribution in [3.05, 3.63) is 42.5 Å². The monoisotopic (exact) mass is 204 g/mol. The van der Waals surface area contributed by atoms with Crippen molar-refractivity contribution in [1.29, 1.82) is 0 Å². The smallest absolute Gasteiger partial charge is 0.127 e. The minimum atomic E-state index is 0.540. The summed E-state index contributed by atoms with van der Waals surface area (Å²) < 4.78 is 10.5. The molecule has 0 saturated heterocycles. The van der Waals surface area contributed by atoms with Gasteiger partial charge in [-0.2, -0.15) is 0 Å². The number of hydrogen-bond acceptors (Lipinski definition) is 2. The van der Waals surface area contributed by atoms with Gasteiger partial charge in [0, 0.05) is 12.7 Å². The van der Waals surface area contributed by atoms with Crippen LogP contribution in [0.4, 0.5) is 0 Å². The third-order valence-corrected chi connectivity index (χ3v) is 2.07. The second-order valence-electron chi connectivity index (χ2n) is 3.01. The van der Waals surface area contributed by atoms with E-state index in [4.69, 9.17) is 9.47 Å². The Kier molecular flexibility index (Phi) is 4.64. The van der Waals surface area contributed by atoms with Gasteiger partial charge in [-0.05, 0) is 11.6 Å². The third-order valence-electron chi connectivity index (χ3n) is 2.07. The lowest BCUT2D eigenvalue weighted by molar-refractivity contribution is 0.146. The lowest BCUT2D eigenvalue weighted by Gasteiger charge is -2.10. The predicted octanol–water partition coefficient (Wildman–Crippen LogP) is 3.00. The maximum atomic E-state index is 5.57. The maximum Gasteiger partial charge on any atom is 0.127 e. The highest BCUT2D eigenvalue weighted by Gasteiger charge is 2.03. The molecule has 1 aromatic carbocycles. The minimum Gasteiger partial charge on any atom is -0.491 e. The molecule has 0 radical (unpaired) electrons. The first-order valence-electron chi connectivity index (χ1n) is 4.83. The van der Waals surface area contributed by atoms with E-state index in [-0.39, 0.29) is 0 Å². The Labute approximate surface area is 90.8 Å². The van der Waals surface area contributed by atoms with Gasteiger partial charge in [0.05, 0.1) is 6.61 Å². The van der Waals surface area contributed by atoms with Crippen molar-refractivity contribution in [3.8, 4) is 5.75 Å². The summed E-state index contributed by atoms with van der Waals surface area (Å²) in [5.74, 6) is 0.819. The van der Waals surface area contributed by atoms with Crippen molar-refractivity contribution in [2.45, 2.75) is 0 Å². The normalized spacial score (nSPS) is 9.67. The summed E-state index contributed by atoms with van der Waals surface area (Å²) in [6.07, 6.45) is 3.57. The van der Waals surface area contributed by atoms with E-state index in [1.54, 1.807) is 19.3 Å². The van der Waals surface area contributed by atoms with Crippen LogP contribution in [-0.2, 0) is 4.74 Å². The summed E-state index contributed by atoms with van der Waals surface area (Å²) in [4.78, 5) is 0. The second kappa shape index (κ2) is 6.04. The number of methoxy groups -OCH3 is 1. The van der Waals surface area contributed by atoms with Gasteiger partial charge in [-0.15, -0.1) is 0 Å². The molecule has 1 aromatic rings. The highest BCUT2D eigenvalue weighted by atomic mass is 16.5. The van der Waals surface area contributed by atoms with Crippen LogP contribution in [0.15, 0.2) is 31.4 Å². The van der Waals surface area contributed by atoms with E-state index in [1.165, 1.54) is 0 Å². The molecule has 2 nitrogen and oxygen atoms in total. The molecule has 0 unspecified atom stereocenters. The second-order valence-corrected chi connectivity index (χ2v) is 3.01. The number of rotatable bonds is 6. The van der Waals surface area contributed by atoms with Crippen molar-refractivity contribution in [1.82, 2.24) is 0 Å². The number of ether oxygens (including phenoxy) is 2. The van der Waals surface area contributed by atoms with Gasteiger partial charge in [0.1, 0.15) is 12.4 Å². The van der Waals surface area contributed by atoms with Crippen LogP contribution in [0, 0.1) is 0 Å². The van der Waals surface area contributed by atoms with E-state index >= 15 is 0 Å². The lowest BCUT2D eigenvalue weighted by Crippen LogP contribution is -2.05. The van der Waals surface area contributed by atoms with E-state index in [0.717, 1.165) is 16.9 Å². The van der Waals surface area contributed by atoms with Crippen molar-refractivity contribution < 1.29 is 9.47 Å². The minimum absolute atomic E-state index is 0.540. The zero-order valence-corrected chi connectivity index (χ0v) is 9.03. The fourth-order valence-corrected chi connectivity index (χ4v) is 1.32. The van der Waals surface area contributed by atoms with Crippen LogP contribution >= 0.6 is 0 Å². The van der Waals surface area contributed by atoms with E-state index in [1.807, 2.05) is 18.2 Å². The summed E-state index contributed by atoms with van der Waals surface area (Å²) in [6, 6.07) is 5.83. The summed E-state index contributed by atoms with van der Waals surface area (Å²) in [6.45, 7) is 8.64. The molecule has 0 atom stereocenters. The van der Waals surface area contributed by atoms with E-state index in [9.17, 15) is 0 Å². The zero-order chi connectivity index (χ0) is 11.1. The average Bonchev–Trinajstić information content (AvgIpc) is 2.29.